The molecule has 7 heteroatoms. The van der Waals surface area contributed by atoms with Crippen molar-refractivity contribution in [2.75, 3.05) is 5.32 Å². The fourth-order valence-electron chi connectivity index (χ4n) is 2.64. The molecule has 0 saturated heterocycles. The van der Waals surface area contributed by atoms with Crippen LogP contribution in [0.4, 0.5) is 14.5 Å². The van der Waals surface area contributed by atoms with Gasteiger partial charge in [0.1, 0.15) is 11.6 Å². The van der Waals surface area contributed by atoms with E-state index in [1.54, 1.807) is 0 Å². The molecule has 1 saturated carbocycles. The number of carbonyl (C=O) groups is 2. The largest absolute Gasteiger partial charge is 0.481 e. The lowest BCUT2D eigenvalue weighted by atomic mass is 9.82. The average Bonchev–Trinajstić information content (AvgIpc) is 2.85. The standard InChI is InChI=1S/C14H14BrF2NO3/c15-8-5-10(17)11(6-9(8)16)18-12(19)7-14(13(20)21)3-1-2-4-14/h5-6H,1-4,7H2,(H,18,19)(H,20,21). The summed E-state index contributed by atoms with van der Waals surface area (Å²) in [6.07, 6.45) is 2.11. The maximum absolute atomic E-state index is 13.6. The number of aliphatic carboxylic acids is 1. The van der Waals surface area contributed by atoms with Gasteiger partial charge in [-0.05, 0) is 34.8 Å². The summed E-state index contributed by atoms with van der Waals surface area (Å²) < 4.78 is 26.9. The van der Waals surface area contributed by atoms with Gasteiger partial charge in [0.15, 0.2) is 0 Å². The summed E-state index contributed by atoms with van der Waals surface area (Å²) in [4.78, 5) is 23.3. The third-order valence-corrected chi connectivity index (χ3v) is 4.41. The van der Waals surface area contributed by atoms with Gasteiger partial charge in [0, 0.05) is 12.5 Å². The molecule has 0 spiro atoms. The molecule has 0 atom stereocenters. The first-order valence-corrected chi connectivity index (χ1v) is 7.31. The molecule has 1 aliphatic rings. The number of hydrogen-bond acceptors (Lipinski definition) is 2. The Morgan fingerprint density at radius 2 is 1.86 bits per heavy atom. The van der Waals surface area contributed by atoms with Crippen molar-refractivity contribution < 1.29 is 23.5 Å². The highest BCUT2D eigenvalue weighted by Gasteiger charge is 2.43. The molecule has 0 radical (unpaired) electrons. The molecule has 4 nitrogen and oxygen atoms in total. The fourth-order valence-corrected chi connectivity index (χ4v) is 2.95. The molecular weight excluding hydrogens is 348 g/mol. The lowest BCUT2D eigenvalue weighted by molar-refractivity contribution is -0.150. The molecule has 21 heavy (non-hydrogen) atoms. The van der Waals surface area contributed by atoms with Gasteiger partial charge in [0.05, 0.1) is 15.6 Å². The monoisotopic (exact) mass is 361 g/mol. The van der Waals surface area contributed by atoms with Crippen molar-refractivity contribution in [1.82, 2.24) is 0 Å². The van der Waals surface area contributed by atoms with E-state index in [2.05, 4.69) is 21.2 Å². The molecule has 2 N–H and O–H groups in total. The quantitative estimate of drug-likeness (QED) is 0.803. The van der Waals surface area contributed by atoms with Crippen molar-refractivity contribution in [2.24, 2.45) is 5.41 Å². The van der Waals surface area contributed by atoms with Crippen LogP contribution in [0, 0.1) is 17.0 Å². The zero-order chi connectivity index (χ0) is 15.6. The second-order valence-corrected chi connectivity index (χ2v) is 6.12. The molecule has 0 aliphatic heterocycles. The Morgan fingerprint density at radius 3 is 2.43 bits per heavy atom. The number of hydrogen-bond donors (Lipinski definition) is 2. The highest BCUT2D eigenvalue weighted by Crippen LogP contribution is 2.41. The molecule has 0 bridgehead atoms. The molecule has 1 aromatic carbocycles. The molecule has 1 fully saturated rings. The third-order valence-electron chi connectivity index (χ3n) is 3.80. The molecular formula is C14H14BrF2NO3. The Bertz CT molecular complexity index is 586. The summed E-state index contributed by atoms with van der Waals surface area (Å²) in [7, 11) is 0. The molecule has 1 aromatic rings. The number of anilines is 1. The Kier molecular flexibility index (Phi) is 4.61. The minimum absolute atomic E-state index is 0.0456. The summed E-state index contributed by atoms with van der Waals surface area (Å²) in [5.74, 6) is -3.13. The molecule has 2 rings (SSSR count). The fraction of sp³-hybridized carbons (Fsp3) is 0.429. The first-order valence-electron chi connectivity index (χ1n) is 6.52. The van der Waals surface area contributed by atoms with Gasteiger partial charge in [-0.2, -0.15) is 0 Å². The maximum Gasteiger partial charge on any atom is 0.310 e. The summed E-state index contributed by atoms with van der Waals surface area (Å²) in [6, 6.07) is 1.77. The van der Waals surface area contributed by atoms with Crippen LogP contribution < -0.4 is 5.32 Å². The van der Waals surface area contributed by atoms with Crippen molar-refractivity contribution in [3.63, 3.8) is 0 Å². The number of nitrogens with one attached hydrogen (secondary N) is 1. The first kappa shape index (κ1) is 15.9. The van der Waals surface area contributed by atoms with Gasteiger partial charge < -0.3 is 10.4 Å². The van der Waals surface area contributed by atoms with Crippen molar-refractivity contribution >= 4 is 33.5 Å². The Morgan fingerprint density at radius 1 is 1.24 bits per heavy atom. The van der Waals surface area contributed by atoms with Crippen molar-refractivity contribution in [3.05, 3.63) is 28.2 Å². The zero-order valence-electron chi connectivity index (χ0n) is 11.1. The van der Waals surface area contributed by atoms with Gasteiger partial charge in [-0.3, -0.25) is 9.59 Å². The number of rotatable bonds is 4. The highest BCUT2D eigenvalue weighted by molar-refractivity contribution is 9.10. The molecule has 0 aromatic heterocycles. The van der Waals surface area contributed by atoms with Crippen molar-refractivity contribution in [3.8, 4) is 0 Å². The predicted octanol–water partition coefficient (Wildman–Crippen LogP) is 3.70. The molecule has 1 amide bonds. The van der Waals surface area contributed by atoms with Crippen LogP contribution in [0.2, 0.25) is 0 Å². The number of amides is 1. The number of halogens is 3. The van der Waals surface area contributed by atoms with Gasteiger partial charge in [0.25, 0.3) is 0 Å². The summed E-state index contributed by atoms with van der Waals surface area (Å²) in [5.41, 5.74) is -1.38. The van der Waals surface area contributed by atoms with Gasteiger partial charge in [-0.25, -0.2) is 8.78 Å². The van der Waals surface area contributed by atoms with E-state index in [0.717, 1.165) is 25.0 Å². The van der Waals surface area contributed by atoms with Crippen LogP contribution in [0.5, 0.6) is 0 Å². The van der Waals surface area contributed by atoms with Gasteiger partial charge in [-0.1, -0.05) is 12.8 Å². The number of carboxylic acids is 1. The third kappa shape index (κ3) is 3.40. The molecule has 0 heterocycles. The van der Waals surface area contributed by atoms with Crippen molar-refractivity contribution in [1.29, 1.82) is 0 Å². The first-order chi connectivity index (χ1) is 9.84. The lowest BCUT2D eigenvalue weighted by Crippen LogP contribution is -2.32. The van der Waals surface area contributed by atoms with Gasteiger partial charge in [0.2, 0.25) is 5.91 Å². The van der Waals surface area contributed by atoms with Crippen LogP contribution in [0.1, 0.15) is 32.1 Å². The maximum atomic E-state index is 13.6. The van der Waals surface area contributed by atoms with Crippen LogP contribution >= 0.6 is 15.9 Å². The van der Waals surface area contributed by atoms with Gasteiger partial charge >= 0.3 is 5.97 Å². The zero-order valence-corrected chi connectivity index (χ0v) is 12.7. The van der Waals surface area contributed by atoms with Crippen LogP contribution in [0.3, 0.4) is 0 Å². The van der Waals surface area contributed by atoms with E-state index >= 15 is 0 Å². The number of carboxylic acid groups (broad SMARTS) is 1. The van der Waals surface area contributed by atoms with Crippen LogP contribution in [0.15, 0.2) is 16.6 Å². The lowest BCUT2D eigenvalue weighted by Gasteiger charge is -2.22. The molecule has 1 aliphatic carbocycles. The van der Waals surface area contributed by atoms with E-state index < -0.39 is 28.9 Å². The van der Waals surface area contributed by atoms with E-state index in [-0.39, 0.29) is 16.6 Å². The van der Waals surface area contributed by atoms with Crippen LogP contribution in [-0.4, -0.2) is 17.0 Å². The summed E-state index contributed by atoms with van der Waals surface area (Å²) >= 11 is 2.84. The second kappa shape index (κ2) is 6.09. The van der Waals surface area contributed by atoms with Crippen LogP contribution in [0.25, 0.3) is 0 Å². The minimum Gasteiger partial charge on any atom is -0.481 e. The Hall–Kier alpha value is -1.50. The topological polar surface area (TPSA) is 66.4 Å². The van der Waals surface area contributed by atoms with Gasteiger partial charge in [-0.15, -0.1) is 0 Å². The molecule has 114 valence electrons. The summed E-state index contributed by atoms with van der Waals surface area (Å²) in [6.45, 7) is 0. The van der Waals surface area contributed by atoms with Crippen molar-refractivity contribution in [2.45, 2.75) is 32.1 Å². The van der Waals surface area contributed by atoms with E-state index in [4.69, 9.17) is 0 Å². The Labute approximate surface area is 128 Å². The van der Waals surface area contributed by atoms with E-state index in [1.807, 2.05) is 0 Å². The highest BCUT2D eigenvalue weighted by atomic mass is 79.9. The predicted molar refractivity (Wildman–Crippen MR) is 75.8 cm³/mol. The van der Waals surface area contributed by atoms with E-state index in [0.29, 0.717) is 12.8 Å². The van der Waals surface area contributed by atoms with E-state index in [9.17, 15) is 23.5 Å². The molecule has 0 unspecified atom stereocenters. The normalized spacial score (nSPS) is 16.7. The smallest absolute Gasteiger partial charge is 0.310 e. The average molecular weight is 362 g/mol. The number of carbonyl (C=O) groups excluding carboxylic acids is 1. The minimum atomic E-state index is -1.09. The summed E-state index contributed by atoms with van der Waals surface area (Å²) in [5, 5.41) is 11.5. The number of benzene rings is 1. The Balaban J connectivity index is 2.12. The van der Waals surface area contributed by atoms with Crippen LogP contribution in [-0.2, 0) is 9.59 Å². The second-order valence-electron chi connectivity index (χ2n) is 5.26. The SMILES string of the molecule is O=C(CC1(C(=O)O)CCCC1)Nc1cc(F)c(Br)cc1F. The van der Waals surface area contributed by atoms with E-state index in [1.165, 1.54) is 0 Å².